The Hall–Kier alpha value is -0.640. The molecule has 1 aromatic heterocycles. The third kappa shape index (κ3) is 5.11. The highest BCUT2D eigenvalue weighted by Gasteiger charge is 2.03. The minimum atomic E-state index is 0.416. The molecule has 84 valence electrons. The van der Waals surface area contributed by atoms with Gasteiger partial charge in [-0.05, 0) is 35.7 Å². The van der Waals surface area contributed by atoms with Gasteiger partial charge in [0.15, 0.2) is 0 Å². The van der Waals surface area contributed by atoms with E-state index in [4.69, 9.17) is 4.74 Å². The molecule has 1 rings (SSSR count). The van der Waals surface area contributed by atoms with Gasteiger partial charge in [0.1, 0.15) is 0 Å². The number of nitrogens with one attached hydrogen (secondary N) is 1. The summed E-state index contributed by atoms with van der Waals surface area (Å²) in [5, 5.41) is 7.70. The van der Waals surface area contributed by atoms with Crippen molar-refractivity contribution in [2.45, 2.75) is 19.4 Å². The molecule has 0 aliphatic rings. The van der Waals surface area contributed by atoms with Gasteiger partial charge in [-0.15, -0.1) is 6.58 Å². The molecule has 15 heavy (non-hydrogen) atoms. The Kier molecular flexibility index (Phi) is 6.32. The molecular formula is C12H19NOS. The molecule has 0 saturated heterocycles. The summed E-state index contributed by atoms with van der Waals surface area (Å²) in [4.78, 5) is 0. The molecule has 0 aromatic carbocycles. The Balaban J connectivity index is 2.02. The molecule has 1 aromatic rings. The fourth-order valence-corrected chi connectivity index (χ4v) is 2.01. The summed E-state index contributed by atoms with van der Waals surface area (Å²) in [6.07, 6.45) is 2.81. The largest absolute Gasteiger partial charge is 0.380 e. The first-order valence-corrected chi connectivity index (χ1v) is 6.23. The summed E-state index contributed by atoms with van der Waals surface area (Å²) in [5.74, 6) is 0. The van der Waals surface area contributed by atoms with Gasteiger partial charge >= 0.3 is 0 Å². The van der Waals surface area contributed by atoms with Crippen LogP contribution in [0.5, 0.6) is 0 Å². The van der Waals surface area contributed by atoms with Crippen molar-refractivity contribution in [1.29, 1.82) is 0 Å². The SMILES string of the molecule is C=CCCOCCNC(C)c1ccsc1. The predicted molar refractivity (Wildman–Crippen MR) is 66.4 cm³/mol. The smallest absolute Gasteiger partial charge is 0.0591 e. The summed E-state index contributed by atoms with van der Waals surface area (Å²) in [7, 11) is 0. The molecular weight excluding hydrogens is 206 g/mol. The average Bonchev–Trinajstić information content (AvgIpc) is 2.76. The lowest BCUT2D eigenvalue weighted by atomic mass is 10.2. The Bertz CT molecular complexity index is 259. The molecule has 3 heteroatoms. The molecule has 0 spiro atoms. The predicted octanol–water partition coefficient (Wildman–Crippen LogP) is 2.99. The van der Waals surface area contributed by atoms with Crippen LogP contribution in [0.2, 0.25) is 0 Å². The first kappa shape index (κ1) is 12.4. The number of ether oxygens (including phenoxy) is 1. The lowest BCUT2D eigenvalue weighted by Gasteiger charge is -2.12. The van der Waals surface area contributed by atoms with Crippen LogP contribution in [0.25, 0.3) is 0 Å². The topological polar surface area (TPSA) is 21.3 Å². The van der Waals surface area contributed by atoms with Crippen molar-refractivity contribution in [2.24, 2.45) is 0 Å². The van der Waals surface area contributed by atoms with Gasteiger partial charge in [-0.25, -0.2) is 0 Å². The van der Waals surface area contributed by atoms with Crippen molar-refractivity contribution in [1.82, 2.24) is 5.32 Å². The highest BCUT2D eigenvalue weighted by molar-refractivity contribution is 7.07. The van der Waals surface area contributed by atoms with E-state index in [1.165, 1.54) is 5.56 Å². The lowest BCUT2D eigenvalue weighted by Crippen LogP contribution is -2.23. The highest BCUT2D eigenvalue weighted by Crippen LogP contribution is 2.14. The normalized spacial score (nSPS) is 12.6. The van der Waals surface area contributed by atoms with Crippen molar-refractivity contribution in [3.8, 4) is 0 Å². The maximum absolute atomic E-state index is 5.41. The molecule has 0 radical (unpaired) electrons. The van der Waals surface area contributed by atoms with Crippen molar-refractivity contribution in [2.75, 3.05) is 19.8 Å². The van der Waals surface area contributed by atoms with Crippen LogP contribution in [-0.4, -0.2) is 19.8 Å². The maximum atomic E-state index is 5.41. The number of rotatable bonds is 8. The standard InChI is InChI=1S/C12H19NOS/c1-3-4-7-14-8-6-13-11(2)12-5-9-15-10-12/h3,5,9-11,13H,1,4,6-8H2,2H3. The van der Waals surface area contributed by atoms with Gasteiger partial charge < -0.3 is 10.1 Å². The van der Waals surface area contributed by atoms with E-state index in [-0.39, 0.29) is 0 Å². The summed E-state index contributed by atoms with van der Waals surface area (Å²) >= 11 is 1.74. The number of hydrogen-bond acceptors (Lipinski definition) is 3. The molecule has 1 N–H and O–H groups in total. The van der Waals surface area contributed by atoms with Gasteiger partial charge in [0.05, 0.1) is 13.2 Å². The van der Waals surface area contributed by atoms with Crippen LogP contribution >= 0.6 is 11.3 Å². The van der Waals surface area contributed by atoms with Crippen molar-refractivity contribution in [3.63, 3.8) is 0 Å². The third-order valence-corrected chi connectivity index (χ3v) is 2.91. The molecule has 0 saturated carbocycles. The monoisotopic (exact) mass is 225 g/mol. The Morgan fingerprint density at radius 3 is 3.13 bits per heavy atom. The summed E-state index contributed by atoms with van der Waals surface area (Å²) in [6.45, 7) is 8.26. The van der Waals surface area contributed by atoms with E-state index in [1.54, 1.807) is 11.3 Å². The Morgan fingerprint density at radius 2 is 2.47 bits per heavy atom. The van der Waals surface area contributed by atoms with E-state index in [0.717, 1.165) is 26.2 Å². The fraction of sp³-hybridized carbons (Fsp3) is 0.500. The summed E-state index contributed by atoms with van der Waals surface area (Å²) in [6, 6.07) is 2.57. The highest BCUT2D eigenvalue weighted by atomic mass is 32.1. The van der Waals surface area contributed by atoms with Crippen LogP contribution in [0.1, 0.15) is 24.9 Å². The van der Waals surface area contributed by atoms with Crippen molar-refractivity contribution >= 4 is 11.3 Å². The molecule has 2 nitrogen and oxygen atoms in total. The zero-order valence-electron chi connectivity index (χ0n) is 9.24. The van der Waals surface area contributed by atoms with Crippen LogP contribution in [-0.2, 0) is 4.74 Å². The van der Waals surface area contributed by atoms with Gasteiger partial charge in [-0.1, -0.05) is 6.08 Å². The molecule has 0 aliphatic carbocycles. The van der Waals surface area contributed by atoms with Crippen LogP contribution in [0.4, 0.5) is 0 Å². The summed E-state index contributed by atoms with van der Waals surface area (Å²) < 4.78 is 5.41. The van der Waals surface area contributed by atoms with Gasteiger partial charge in [-0.2, -0.15) is 11.3 Å². The second kappa shape index (κ2) is 7.63. The maximum Gasteiger partial charge on any atom is 0.0591 e. The van der Waals surface area contributed by atoms with Crippen LogP contribution in [0.15, 0.2) is 29.5 Å². The molecule has 0 bridgehead atoms. The first-order valence-electron chi connectivity index (χ1n) is 5.28. The van der Waals surface area contributed by atoms with E-state index in [2.05, 4.69) is 35.6 Å². The lowest BCUT2D eigenvalue weighted by molar-refractivity contribution is 0.138. The molecule has 1 unspecified atom stereocenters. The Morgan fingerprint density at radius 1 is 1.60 bits per heavy atom. The summed E-state index contributed by atoms with van der Waals surface area (Å²) in [5.41, 5.74) is 1.35. The van der Waals surface area contributed by atoms with Crippen LogP contribution in [0, 0.1) is 0 Å². The van der Waals surface area contributed by atoms with E-state index in [9.17, 15) is 0 Å². The molecule has 1 heterocycles. The van der Waals surface area contributed by atoms with Crippen LogP contribution in [0.3, 0.4) is 0 Å². The van der Waals surface area contributed by atoms with Crippen molar-refractivity contribution < 1.29 is 4.74 Å². The number of thiophene rings is 1. The van der Waals surface area contributed by atoms with Crippen molar-refractivity contribution in [3.05, 3.63) is 35.0 Å². The second-order valence-corrected chi connectivity index (χ2v) is 4.20. The van der Waals surface area contributed by atoms with Gasteiger partial charge in [0.25, 0.3) is 0 Å². The molecule has 0 amide bonds. The van der Waals surface area contributed by atoms with E-state index >= 15 is 0 Å². The molecule has 1 atom stereocenters. The quantitative estimate of drug-likeness (QED) is 0.542. The third-order valence-electron chi connectivity index (χ3n) is 2.21. The Labute approximate surface area is 96.0 Å². The minimum Gasteiger partial charge on any atom is -0.380 e. The van der Waals surface area contributed by atoms with E-state index in [0.29, 0.717) is 6.04 Å². The minimum absolute atomic E-state index is 0.416. The van der Waals surface area contributed by atoms with E-state index < -0.39 is 0 Å². The molecule has 0 aliphatic heterocycles. The second-order valence-electron chi connectivity index (χ2n) is 3.42. The molecule has 0 fully saturated rings. The fourth-order valence-electron chi connectivity index (χ4n) is 1.26. The van der Waals surface area contributed by atoms with Gasteiger partial charge in [-0.3, -0.25) is 0 Å². The van der Waals surface area contributed by atoms with E-state index in [1.807, 2.05) is 6.08 Å². The zero-order valence-corrected chi connectivity index (χ0v) is 10.1. The average molecular weight is 225 g/mol. The first-order chi connectivity index (χ1) is 7.34. The van der Waals surface area contributed by atoms with Gasteiger partial charge in [0.2, 0.25) is 0 Å². The number of hydrogen-bond donors (Lipinski definition) is 1. The van der Waals surface area contributed by atoms with Crippen LogP contribution < -0.4 is 5.32 Å². The zero-order chi connectivity index (χ0) is 10.9. The van der Waals surface area contributed by atoms with Gasteiger partial charge in [0, 0.05) is 12.6 Å².